The van der Waals surface area contributed by atoms with E-state index in [4.69, 9.17) is 0 Å². The van der Waals surface area contributed by atoms with Crippen molar-refractivity contribution in [3.8, 4) is 0 Å². The lowest BCUT2D eigenvalue weighted by molar-refractivity contribution is -0.140. The first kappa shape index (κ1) is 18.7. The molecule has 1 saturated heterocycles. The zero-order valence-electron chi connectivity index (χ0n) is 14.6. The summed E-state index contributed by atoms with van der Waals surface area (Å²) in [6.45, 7) is 3.51. The van der Waals surface area contributed by atoms with Gasteiger partial charge in [-0.15, -0.1) is 0 Å². The molecule has 1 amide bonds. The van der Waals surface area contributed by atoms with Crippen LogP contribution in [0, 0.1) is 11.8 Å². The molecule has 0 aromatic heterocycles. The molecule has 0 aromatic carbocycles. The number of nitrogens with one attached hydrogen (secondary N) is 1. The van der Waals surface area contributed by atoms with Gasteiger partial charge in [0.15, 0.2) is 0 Å². The van der Waals surface area contributed by atoms with E-state index in [1.807, 2.05) is 0 Å². The summed E-state index contributed by atoms with van der Waals surface area (Å²) in [7, 11) is -3.15. The van der Waals surface area contributed by atoms with Crippen LogP contribution in [-0.2, 0) is 14.8 Å². The van der Waals surface area contributed by atoms with Gasteiger partial charge in [0.05, 0.1) is 6.26 Å². The molecule has 2 aliphatic rings. The van der Waals surface area contributed by atoms with E-state index in [9.17, 15) is 13.2 Å². The molecule has 1 N–H and O–H groups in total. The average molecular weight is 345 g/mol. The number of hydrogen-bond donors (Lipinski definition) is 1. The minimum absolute atomic E-state index is 0.196. The summed E-state index contributed by atoms with van der Waals surface area (Å²) in [5.41, 5.74) is 0. The number of amides is 1. The van der Waals surface area contributed by atoms with E-state index in [1.54, 1.807) is 0 Å². The van der Waals surface area contributed by atoms with Gasteiger partial charge in [-0.3, -0.25) is 4.79 Å². The maximum absolute atomic E-state index is 12.9. The topological polar surface area (TPSA) is 66.5 Å². The van der Waals surface area contributed by atoms with Crippen LogP contribution in [0.3, 0.4) is 0 Å². The summed E-state index contributed by atoms with van der Waals surface area (Å²) in [4.78, 5) is 15.0. The standard InChI is InChI=1S/C17H32N2O3S/c1-3-14-7-9-15(10-8-14)17(20)19-13-5-4-6-16(19)11-12-18-23(2,21)22/h14-16,18H,3-13H2,1-2H3/t14?,15?,16-/m0/s1. The van der Waals surface area contributed by atoms with Crippen molar-refractivity contribution >= 4 is 15.9 Å². The predicted octanol–water partition coefficient (Wildman–Crippen LogP) is 2.52. The molecule has 0 radical (unpaired) electrons. The van der Waals surface area contributed by atoms with Gasteiger partial charge in [0.25, 0.3) is 0 Å². The van der Waals surface area contributed by atoms with Crippen LogP contribution < -0.4 is 4.72 Å². The Morgan fingerprint density at radius 2 is 1.83 bits per heavy atom. The van der Waals surface area contributed by atoms with Gasteiger partial charge >= 0.3 is 0 Å². The average Bonchev–Trinajstić information content (AvgIpc) is 2.53. The largest absolute Gasteiger partial charge is 0.339 e. The SMILES string of the molecule is CCC1CCC(C(=O)N2CCCC[C@H]2CCNS(C)(=O)=O)CC1. The van der Waals surface area contributed by atoms with Crippen LogP contribution in [-0.4, -0.2) is 44.6 Å². The van der Waals surface area contributed by atoms with Crippen LogP contribution in [0.15, 0.2) is 0 Å². The van der Waals surface area contributed by atoms with Gasteiger partial charge in [0, 0.05) is 25.0 Å². The fourth-order valence-electron chi connectivity index (χ4n) is 4.05. The van der Waals surface area contributed by atoms with Crippen molar-refractivity contribution in [3.63, 3.8) is 0 Å². The van der Waals surface area contributed by atoms with Gasteiger partial charge in [-0.2, -0.15) is 0 Å². The molecule has 0 aromatic rings. The van der Waals surface area contributed by atoms with Gasteiger partial charge in [0.2, 0.25) is 15.9 Å². The van der Waals surface area contributed by atoms with Crippen molar-refractivity contribution < 1.29 is 13.2 Å². The number of piperidine rings is 1. The number of sulfonamides is 1. The molecule has 134 valence electrons. The van der Waals surface area contributed by atoms with Gasteiger partial charge < -0.3 is 4.90 Å². The van der Waals surface area contributed by atoms with Gasteiger partial charge in [-0.05, 0) is 57.3 Å². The summed E-state index contributed by atoms with van der Waals surface area (Å²) in [6, 6.07) is 0.203. The highest BCUT2D eigenvalue weighted by atomic mass is 32.2. The van der Waals surface area contributed by atoms with Gasteiger partial charge in [0.1, 0.15) is 0 Å². The van der Waals surface area contributed by atoms with Crippen LogP contribution in [0.5, 0.6) is 0 Å². The number of carbonyl (C=O) groups is 1. The molecule has 1 aliphatic heterocycles. The summed E-state index contributed by atoms with van der Waals surface area (Å²) in [5.74, 6) is 1.32. The van der Waals surface area contributed by atoms with Crippen molar-refractivity contribution in [2.75, 3.05) is 19.3 Å². The van der Waals surface area contributed by atoms with E-state index in [1.165, 1.54) is 25.5 Å². The molecule has 0 unspecified atom stereocenters. The summed E-state index contributed by atoms with van der Waals surface area (Å²) >= 11 is 0. The second kappa shape index (κ2) is 8.47. The zero-order chi connectivity index (χ0) is 16.9. The Morgan fingerprint density at radius 3 is 2.43 bits per heavy atom. The lowest BCUT2D eigenvalue weighted by atomic mass is 9.80. The summed E-state index contributed by atoms with van der Waals surface area (Å²) in [5, 5.41) is 0. The Bertz CT molecular complexity index is 484. The van der Waals surface area contributed by atoms with E-state index >= 15 is 0 Å². The van der Waals surface area contributed by atoms with E-state index in [2.05, 4.69) is 16.5 Å². The molecular formula is C17H32N2O3S. The highest BCUT2D eigenvalue weighted by molar-refractivity contribution is 7.88. The molecule has 1 aliphatic carbocycles. The third-order valence-electron chi connectivity index (χ3n) is 5.53. The van der Waals surface area contributed by atoms with Crippen molar-refractivity contribution in [3.05, 3.63) is 0 Å². The fourth-order valence-corrected chi connectivity index (χ4v) is 4.54. The molecule has 0 bridgehead atoms. The second-order valence-electron chi connectivity index (χ2n) is 7.26. The first-order chi connectivity index (χ1) is 10.9. The number of nitrogens with zero attached hydrogens (tertiary/aromatic N) is 1. The van der Waals surface area contributed by atoms with Crippen molar-refractivity contribution in [1.29, 1.82) is 0 Å². The molecule has 5 nitrogen and oxygen atoms in total. The Labute approximate surface area is 141 Å². The minimum atomic E-state index is -3.15. The zero-order valence-corrected chi connectivity index (χ0v) is 15.4. The predicted molar refractivity (Wildman–Crippen MR) is 92.6 cm³/mol. The maximum Gasteiger partial charge on any atom is 0.225 e. The van der Waals surface area contributed by atoms with E-state index in [0.29, 0.717) is 12.5 Å². The molecule has 0 spiro atoms. The normalized spacial score (nSPS) is 29.5. The van der Waals surface area contributed by atoms with Crippen LogP contribution in [0.1, 0.15) is 64.7 Å². The quantitative estimate of drug-likeness (QED) is 0.805. The molecule has 1 heterocycles. The molecule has 1 atom stereocenters. The third-order valence-corrected chi connectivity index (χ3v) is 6.25. The molecule has 1 saturated carbocycles. The van der Waals surface area contributed by atoms with E-state index < -0.39 is 10.0 Å². The number of likely N-dealkylation sites (tertiary alicyclic amines) is 1. The number of carbonyl (C=O) groups excluding carboxylic acids is 1. The molecule has 2 rings (SSSR count). The Morgan fingerprint density at radius 1 is 1.13 bits per heavy atom. The Balaban J connectivity index is 1.88. The minimum Gasteiger partial charge on any atom is -0.339 e. The van der Waals surface area contributed by atoms with Crippen LogP contribution in [0.4, 0.5) is 0 Å². The molecule has 23 heavy (non-hydrogen) atoms. The van der Waals surface area contributed by atoms with Gasteiger partial charge in [-0.1, -0.05) is 13.3 Å². The number of hydrogen-bond acceptors (Lipinski definition) is 3. The third kappa shape index (κ3) is 5.75. The van der Waals surface area contributed by atoms with Crippen LogP contribution in [0.25, 0.3) is 0 Å². The van der Waals surface area contributed by atoms with Crippen molar-refractivity contribution in [2.45, 2.75) is 70.8 Å². The van der Waals surface area contributed by atoms with E-state index in [-0.39, 0.29) is 12.0 Å². The Kier molecular flexibility index (Phi) is 6.89. The monoisotopic (exact) mass is 344 g/mol. The van der Waals surface area contributed by atoms with Gasteiger partial charge in [-0.25, -0.2) is 13.1 Å². The lowest BCUT2D eigenvalue weighted by Gasteiger charge is -2.39. The summed E-state index contributed by atoms with van der Waals surface area (Å²) in [6.07, 6.45) is 10.8. The molecule has 6 heteroatoms. The smallest absolute Gasteiger partial charge is 0.225 e. The van der Waals surface area contributed by atoms with Crippen molar-refractivity contribution in [1.82, 2.24) is 9.62 Å². The number of rotatable bonds is 6. The first-order valence-electron chi connectivity index (χ1n) is 9.15. The van der Waals surface area contributed by atoms with Crippen molar-refractivity contribution in [2.24, 2.45) is 11.8 Å². The molecular weight excluding hydrogens is 312 g/mol. The van der Waals surface area contributed by atoms with Crippen LogP contribution >= 0.6 is 0 Å². The summed E-state index contributed by atoms with van der Waals surface area (Å²) < 4.78 is 25.0. The van der Waals surface area contributed by atoms with Crippen LogP contribution in [0.2, 0.25) is 0 Å². The highest BCUT2D eigenvalue weighted by Crippen LogP contribution is 2.33. The lowest BCUT2D eigenvalue weighted by Crippen LogP contribution is -2.48. The molecule has 2 fully saturated rings. The van der Waals surface area contributed by atoms with E-state index in [0.717, 1.165) is 51.0 Å². The Hall–Kier alpha value is -0.620. The fraction of sp³-hybridized carbons (Fsp3) is 0.941. The highest BCUT2D eigenvalue weighted by Gasteiger charge is 2.33. The first-order valence-corrected chi connectivity index (χ1v) is 11.0. The second-order valence-corrected chi connectivity index (χ2v) is 9.10. The maximum atomic E-state index is 12.9.